The summed E-state index contributed by atoms with van der Waals surface area (Å²) in [4.78, 5) is 12.3. The van der Waals surface area contributed by atoms with E-state index in [1.807, 2.05) is 0 Å². The zero-order valence-corrected chi connectivity index (χ0v) is 13.6. The molecule has 0 aliphatic rings. The van der Waals surface area contributed by atoms with Crippen LogP contribution in [0.4, 0.5) is 18.9 Å². The number of benzene rings is 1. The number of amides is 1. The van der Waals surface area contributed by atoms with Gasteiger partial charge in [0.25, 0.3) is 5.91 Å². The van der Waals surface area contributed by atoms with E-state index in [0.717, 1.165) is 0 Å². The third kappa shape index (κ3) is 4.24. The van der Waals surface area contributed by atoms with Crippen LogP contribution in [0.3, 0.4) is 0 Å². The van der Waals surface area contributed by atoms with Gasteiger partial charge in [0.05, 0.1) is 5.69 Å². The van der Waals surface area contributed by atoms with E-state index < -0.39 is 18.7 Å². The summed E-state index contributed by atoms with van der Waals surface area (Å²) in [7, 11) is 0. The van der Waals surface area contributed by atoms with E-state index >= 15 is 0 Å². The van der Waals surface area contributed by atoms with Gasteiger partial charge in [0, 0.05) is 6.07 Å². The number of ether oxygens (including phenoxy) is 1. The molecule has 0 atom stereocenters. The Bertz CT molecular complexity index is 915. The number of carbonyl (C=O) groups is 1. The van der Waals surface area contributed by atoms with Crippen LogP contribution in [0.25, 0.3) is 11.5 Å². The van der Waals surface area contributed by atoms with Gasteiger partial charge in [-0.1, -0.05) is 12.1 Å². The molecule has 2 aromatic heterocycles. The lowest BCUT2D eigenvalue weighted by Crippen LogP contribution is -2.20. The molecule has 26 heavy (non-hydrogen) atoms. The second kappa shape index (κ2) is 6.95. The molecular weight excluding hydrogens is 351 g/mol. The van der Waals surface area contributed by atoms with E-state index in [0.29, 0.717) is 17.2 Å². The van der Waals surface area contributed by atoms with Crippen molar-refractivity contribution in [2.75, 3.05) is 11.9 Å². The first-order chi connectivity index (χ1) is 12.3. The second-order valence-corrected chi connectivity index (χ2v) is 5.43. The molecule has 0 spiro atoms. The summed E-state index contributed by atoms with van der Waals surface area (Å²) in [6.07, 6.45) is -4.48. The predicted molar refractivity (Wildman–Crippen MR) is 87.0 cm³/mol. The SMILES string of the molecule is Cc1ccc(-c2cc(C(=O)Nc3ccccc3OCC(F)(F)F)n[nH]2)o1. The quantitative estimate of drug-likeness (QED) is 0.711. The molecule has 9 heteroatoms. The Labute approximate surface area is 146 Å². The van der Waals surface area contributed by atoms with Gasteiger partial charge in [-0.15, -0.1) is 0 Å². The van der Waals surface area contributed by atoms with Gasteiger partial charge in [-0.25, -0.2) is 0 Å². The Hall–Kier alpha value is -3.23. The zero-order chi connectivity index (χ0) is 18.7. The van der Waals surface area contributed by atoms with Crippen LogP contribution in [0.1, 0.15) is 16.2 Å². The number of para-hydroxylation sites is 2. The van der Waals surface area contributed by atoms with Crippen molar-refractivity contribution in [1.82, 2.24) is 10.2 Å². The molecule has 0 aliphatic heterocycles. The van der Waals surface area contributed by atoms with Crippen LogP contribution < -0.4 is 10.1 Å². The number of aromatic amines is 1. The molecule has 6 nitrogen and oxygen atoms in total. The molecular formula is C17H14F3N3O3. The minimum atomic E-state index is -4.48. The third-order valence-electron chi connectivity index (χ3n) is 3.34. The number of H-pyrrole nitrogens is 1. The lowest BCUT2D eigenvalue weighted by molar-refractivity contribution is -0.153. The van der Waals surface area contributed by atoms with Crippen LogP contribution in [0.5, 0.6) is 5.75 Å². The Morgan fingerprint density at radius 3 is 2.73 bits per heavy atom. The predicted octanol–water partition coefficient (Wildman–Crippen LogP) is 4.17. The largest absolute Gasteiger partial charge is 0.482 e. The number of alkyl halides is 3. The normalized spacial score (nSPS) is 11.4. The highest BCUT2D eigenvalue weighted by atomic mass is 19.4. The maximum atomic E-state index is 12.3. The summed E-state index contributed by atoms with van der Waals surface area (Å²) in [6, 6.07) is 10.8. The van der Waals surface area contributed by atoms with Crippen LogP contribution in [-0.4, -0.2) is 28.9 Å². The van der Waals surface area contributed by atoms with Gasteiger partial charge in [-0.05, 0) is 31.2 Å². The van der Waals surface area contributed by atoms with Crippen molar-refractivity contribution in [3.05, 3.63) is 53.9 Å². The van der Waals surface area contributed by atoms with Gasteiger partial charge < -0.3 is 14.5 Å². The maximum absolute atomic E-state index is 12.3. The molecule has 0 aliphatic carbocycles. The molecule has 3 rings (SSSR count). The fourth-order valence-electron chi connectivity index (χ4n) is 2.19. The van der Waals surface area contributed by atoms with E-state index in [-0.39, 0.29) is 17.1 Å². The highest BCUT2D eigenvalue weighted by Crippen LogP contribution is 2.27. The molecule has 0 saturated heterocycles. The fourth-order valence-corrected chi connectivity index (χ4v) is 2.19. The molecule has 3 aromatic rings. The minimum Gasteiger partial charge on any atom is -0.482 e. The number of hydrogen-bond acceptors (Lipinski definition) is 4. The van der Waals surface area contributed by atoms with Crippen molar-refractivity contribution < 1.29 is 27.1 Å². The Kier molecular flexibility index (Phi) is 4.70. The maximum Gasteiger partial charge on any atom is 0.422 e. The number of aromatic nitrogens is 2. The van der Waals surface area contributed by atoms with Crippen molar-refractivity contribution in [1.29, 1.82) is 0 Å². The molecule has 0 fully saturated rings. The van der Waals surface area contributed by atoms with Gasteiger partial charge >= 0.3 is 6.18 Å². The molecule has 0 saturated carbocycles. The fraction of sp³-hybridized carbons (Fsp3) is 0.176. The number of halogens is 3. The van der Waals surface area contributed by atoms with Crippen molar-refractivity contribution in [2.45, 2.75) is 13.1 Å². The van der Waals surface area contributed by atoms with Crippen molar-refractivity contribution >= 4 is 11.6 Å². The summed E-state index contributed by atoms with van der Waals surface area (Å²) in [5.41, 5.74) is 0.671. The summed E-state index contributed by atoms with van der Waals surface area (Å²) in [6.45, 7) is 0.329. The molecule has 0 radical (unpaired) electrons. The number of anilines is 1. The van der Waals surface area contributed by atoms with E-state index in [1.54, 1.807) is 25.1 Å². The number of hydrogen-bond donors (Lipinski definition) is 2. The van der Waals surface area contributed by atoms with Gasteiger partial charge in [-0.2, -0.15) is 18.3 Å². The lowest BCUT2D eigenvalue weighted by Gasteiger charge is -2.13. The van der Waals surface area contributed by atoms with Gasteiger partial charge in [0.15, 0.2) is 18.1 Å². The molecule has 1 aromatic carbocycles. The Morgan fingerprint density at radius 1 is 1.27 bits per heavy atom. The smallest absolute Gasteiger partial charge is 0.422 e. The molecule has 0 bridgehead atoms. The van der Waals surface area contributed by atoms with Crippen molar-refractivity contribution in [3.8, 4) is 17.2 Å². The minimum absolute atomic E-state index is 0.0553. The first kappa shape index (κ1) is 17.6. The number of nitrogens with zero attached hydrogens (tertiary/aromatic N) is 1. The van der Waals surface area contributed by atoms with Crippen LogP contribution >= 0.6 is 0 Å². The number of aryl methyl sites for hydroxylation is 1. The van der Waals surface area contributed by atoms with E-state index in [4.69, 9.17) is 9.15 Å². The number of carbonyl (C=O) groups excluding carboxylic acids is 1. The zero-order valence-electron chi connectivity index (χ0n) is 13.6. The van der Waals surface area contributed by atoms with Gasteiger partial charge in [-0.3, -0.25) is 9.89 Å². The van der Waals surface area contributed by atoms with Gasteiger partial charge in [0.2, 0.25) is 0 Å². The Balaban J connectivity index is 1.73. The van der Waals surface area contributed by atoms with Crippen molar-refractivity contribution in [2.24, 2.45) is 0 Å². The average Bonchev–Trinajstić information content (AvgIpc) is 3.22. The van der Waals surface area contributed by atoms with Crippen LogP contribution in [0.2, 0.25) is 0 Å². The average molecular weight is 365 g/mol. The molecule has 1 amide bonds. The first-order valence-corrected chi connectivity index (χ1v) is 7.54. The highest BCUT2D eigenvalue weighted by molar-refractivity contribution is 6.04. The van der Waals surface area contributed by atoms with Gasteiger partial charge in [0.1, 0.15) is 17.2 Å². The van der Waals surface area contributed by atoms with Crippen LogP contribution in [0.15, 0.2) is 46.9 Å². The Morgan fingerprint density at radius 2 is 2.04 bits per heavy atom. The highest BCUT2D eigenvalue weighted by Gasteiger charge is 2.29. The molecule has 0 unspecified atom stereocenters. The van der Waals surface area contributed by atoms with E-state index in [9.17, 15) is 18.0 Å². The van der Waals surface area contributed by atoms with E-state index in [2.05, 4.69) is 15.5 Å². The molecule has 136 valence electrons. The van der Waals surface area contributed by atoms with E-state index in [1.165, 1.54) is 24.3 Å². The summed E-state index contributed by atoms with van der Waals surface area (Å²) >= 11 is 0. The summed E-state index contributed by atoms with van der Waals surface area (Å²) < 4.78 is 47.2. The van der Waals surface area contributed by atoms with Crippen molar-refractivity contribution in [3.63, 3.8) is 0 Å². The number of furan rings is 1. The van der Waals surface area contributed by atoms with Crippen LogP contribution in [-0.2, 0) is 0 Å². The monoisotopic (exact) mass is 365 g/mol. The molecule has 2 heterocycles. The lowest BCUT2D eigenvalue weighted by atomic mass is 10.2. The number of rotatable bonds is 5. The summed E-state index contributed by atoms with van der Waals surface area (Å²) in [5, 5.41) is 9.06. The standard InChI is InChI=1S/C17H14F3N3O3/c1-10-6-7-15(26-10)12-8-13(23-22-12)16(24)21-11-4-2-3-5-14(11)25-9-17(18,19)20/h2-8H,9H2,1H3,(H,21,24)(H,22,23). The molecule has 2 N–H and O–H groups in total. The first-order valence-electron chi connectivity index (χ1n) is 7.54. The topological polar surface area (TPSA) is 80.1 Å². The van der Waals surface area contributed by atoms with Crippen LogP contribution in [0, 0.1) is 6.92 Å². The third-order valence-corrected chi connectivity index (χ3v) is 3.34. The second-order valence-electron chi connectivity index (χ2n) is 5.43. The summed E-state index contributed by atoms with van der Waals surface area (Å²) in [5.74, 6) is 0.536. The number of nitrogens with one attached hydrogen (secondary N) is 2.